The second kappa shape index (κ2) is 3.92. The lowest BCUT2D eigenvalue weighted by Gasteiger charge is -2.23. The van der Waals surface area contributed by atoms with Crippen molar-refractivity contribution >= 4 is 0 Å². The van der Waals surface area contributed by atoms with Crippen molar-refractivity contribution in [1.82, 2.24) is 14.9 Å². The van der Waals surface area contributed by atoms with Gasteiger partial charge in [-0.1, -0.05) is 6.92 Å². The lowest BCUT2D eigenvalue weighted by molar-refractivity contribution is 0.380. The fourth-order valence-electron chi connectivity index (χ4n) is 1.31. The summed E-state index contributed by atoms with van der Waals surface area (Å²) in [7, 11) is 0. The van der Waals surface area contributed by atoms with E-state index >= 15 is 0 Å². The van der Waals surface area contributed by atoms with E-state index in [1.54, 1.807) is 0 Å². The van der Waals surface area contributed by atoms with E-state index in [9.17, 15) is 0 Å². The molecule has 1 N–H and O–H groups in total. The SMILES string of the molecule is CCNCc1cncn1C(C)(C)C. The van der Waals surface area contributed by atoms with Gasteiger partial charge < -0.3 is 9.88 Å². The van der Waals surface area contributed by atoms with Gasteiger partial charge in [0.2, 0.25) is 0 Å². The van der Waals surface area contributed by atoms with E-state index in [2.05, 4.69) is 42.6 Å². The summed E-state index contributed by atoms with van der Waals surface area (Å²) in [6, 6.07) is 0. The minimum absolute atomic E-state index is 0.126. The van der Waals surface area contributed by atoms with Crippen molar-refractivity contribution in [2.75, 3.05) is 6.54 Å². The van der Waals surface area contributed by atoms with Crippen molar-refractivity contribution in [2.45, 2.75) is 39.8 Å². The lowest BCUT2D eigenvalue weighted by Crippen LogP contribution is -2.25. The predicted octanol–water partition coefficient (Wildman–Crippen LogP) is 1.75. The smallest absolute Gasteiger partial charge is 0.0953 e. The molecule has 1 heterocycles. The van der Waals surface area contributed by atoms with Crippen LogP contribution in [-0.4, -0.2) is 16.1 Å². The molecular formula is C10H19N3. The highest BCUT2D eigenvalue weighted by atomic mass is 15.1. The zero-order chi connectivity index (χ0) is 9.90. The molecule has 0 radical (unpaired) electrons. The van der Waals surface area contributed by atoms with E-state index in [1.165, 1.54) is 5.69 Å². The minimum atomic E-state index is 0.126. The Bertz CT molecular complexity index is 257. The first-order valence-corrected chi connectivity index (χ1v) is 4.78. The molecule has 1 rings (SSSR count). The molecule has 0 fully saturated rings. The van der Waals surface area contributed by atoms with Gasteiger partial charge in [0.15, 0.2) is 0 Å². The van der Waals surface area contributed by atoms with Crippen LogP contribution in [-0.2, 0) is 12.1 Å². The van der Waals surface area contributed by atoms with Gasteiger partial charge in [0.25, 0.3) is 0 Å². The summed E-state index contributed by atoms with van der Waals surface area (Å²) in [5, 5.41) is 3.30. The number of nitrogens with one attached hydrogen (secondary N) is 1. The van der Waals surface area contributed by atoms with Crippen LogP contribution in [0.3, 0.4) is 0 Å². The first-order chi connectivity index (χ1) is 6.05. The highest BCUT2D eigenvalue weighted by Gasteiger charge is 2.15. The molecule has 0 bridgehead atoms. The highest BCUT2D eigenvalue weighted by molar-refractivity contribution is 5.01. The summed E-state index contributed by atoms with van der Waals surface area (Å²) in [6.07, 6.45) is 3.82. The summed E-state index contributed by atoms with van der Waals surface area (Å²) in [5.41, 5.74) is 1.37. The molecular weight excluding hydrogens is 162 g/mol. The van der Waals surface area contributed by atoms with E-state index in [0.29, 0.717) is 0 Å². The average molecular weight is 181 g/mol. The van der Waals surface area contributed by atoms with Gasteiger partial charge in [-0.05, 0) is 27.3 Å². The summed E-state index contributed by atoms with van der Waals surface area (Å²) < 4.78 is 2.20. The van der Waals surface area contributed by atoms with Gasteiger partial charge in [-0.25, -0.2) is 4.98 Å². The van der Waals surface area contributed by atoms with E-state index in [1.807, 2.05) is 12.5 Å². The van der Waals surface area contributed by atoms with Gasteiger partial charge in [-0.15, -0.1) is 0 Å². The molecule has 0 aliphatic carbocycles. The molecule has 0 aliphatic rings. The molecule has 1 aromatic rings. The second-order valence-corrected chi connectivity index (χ2v) is 4.21. The molecule has 0 unspecified atom stereocenters. The zero-order valence-corrected chi connectivity index (χ0v) is 8.96. The van der Waals surface area contributed by atoms with Crippen molar-refractivity contribution in [3.05, 3.63) is 18.2 Å². The first kappa shape index (κ1) is 10.3. The molecule has 13 heavy (non-hydrogen) atoms. The van der Waals surface area contributed by atoms with E-state index in [-0.39, 0.29) is 5.54 Å². The summed E-state index contributed by atoms with van der Waals surface area (Å²) >= 11 is 0. The summed E-state index contributed by atoms with van der Waals surface area (Å²) in [6.45, 7) is 10.6. The third kappa shape index (κ3) is 2.56. The Morgan fingerprint density at radius 2 is 2.15 bits per heavy atom. The second-order valence-electron chi connectivity index (χ2n) is 4.21. The van der Waals surface area contributed by atoms with E-state index in [4.69, 9.17) is 0 Å². The van der Waals surface area contributed by atoms with Gasteiger partial charge in [0.05, 0.1) is 12.0 Å². The van der Waals surface area contributed by atoms with Gasteiger partial charge in [0, 0.05) is 18.3 Å². The Morgan fingerprint density at radius 1 is 1.46 bits per heavy atom. The molecule has 3 nitrogen and oxygen atoms in total. The van der Waals surface area contributed by atoms with Crippen LogP contribution in [0.15, 0.2) is 12.5 Å². The Hall–Kier alpha value is -0.830. The number of rotatable bonds is 3. The van der Waals surface area contributed by atoms with Crippen LogP contribution in [0, 0.1) is 0 Å². The number of hydrogen-bond donors (Lipinski definition) is 1. The van der Waals surface area contributed by atoms with Crippen molar-refractivity contribution in [2.24, 2.45) is 0 Å². The Labute approximate surface area is 80.2 Å². The van der Waals surface area contributed by atoms with Crippen molar-refractivity contribution in [3.63, 3.8) is 0 Å². The van der Waals surface area contributed by atoms with Gasteiger partial charge in [-0.2, -0.15) is 0 Å². The van der Waals surface area contributed by atoms with Crippen LogP contribution >= 0.6 is 0 Å². The molecule has 74 valence electrons. The van der Waals surface area contributed by atoms with Gasteiger partial charge in [0.1, 0.15) is 0 Å². The van der Waals surface area contributed by atoms with Crippen LogP contribution in [0.4, 0.5) is 0 Å². The number of aromatic nitrogens is 2. The monoisotopic (exact) mass is 181 g/mol. The van der Waals surface area contributed by atoms with Gasteiger partial charge >= 0.3 is 0 Å². The summed E-state index contributed by atoms with van der Waals surface area (Å²) in [4.78, 5) is 4.16. The molecule has 3 heteroatoms. The van der Waals surface area contributed by atoms with Crippen LogP contribution < -0.4 is 5.32 Å². The number of imidazole rings is 1. The molecule has 1 aromatic heterocycles. The Morgan fingerprint density at radius 3 is 2.69 bits per heavy atom. The van der Waals surface area contributed by atoms with Crippen molar-refractivity contribution in [3.8, 4) is 0 Å². The first-order valence-electron chi connectivity index (χ1n) is 4.78. The van der Waals surface area contributed by atoms with Crippen LogP contribution in [0.5, 0.6) is 0 Å². The van der Waals surface area contributed by atoms with Crippen LogP contribution in [0.1, 0.15) is 33.4 Å². The molecule has 0 saturated heterocycles. The molecule has 0 aromatic carbocycles. The molecule has 0 amide bonds. The quantitative estimate of drug-likeness (QED) is 0.770. The maximum Gasteiger partial charge on any atom is 0.0953 e. The molecule has 0 atom stereocenters. The van der Waals surface area contributed by atoms with Crippen molar-refractivity contribution < 1.29 is 0 Å². The van der Waals surface area contributed by atoms with Gasteiger partial charge in [-0.3, -0.25) is 0 Å². The zero-order valence-electron chi connectivity index (χ0n) is 8.96. The maximum atomic E-state index is 4.16. The maximum absolute atomic E-state index is 4.16. The number of nitrogens with zero attached hydrogens (tertiary/aromatic N) is 2. The minimum Gasteiger partial charge on any atom is -0.328 e. The van der Waals surface area contributed by atoms with Crippen LogP contribution in [0.2, 0.25) is 0 Å². The van der Waals surface area contributed by atoms with Crippen molar-refractivity contribution in [1.29, 1.82) is 0 Å². The molecule has 0 spiro atoms. The van der Waals surface area contributed by atoms with E-state index < -0.39 is 0 Å². The average Bonchev–Trinajstić information content (AvgIpc) is 2.47. The number of hydrogen-bond acceptors (Lipinski definition) is 2. The van der Waals surface area contributed by atoms with Crippen LogP contribution in [0.25, 0.3) is 0 Å². The fraction of sp³-hybridized carbons (Fsp3) is 0.700. The standard InChI is InChI=1S/C10H19N3/c1-5-11-6-9-7-12-8-13(9)10(2,3)4/h7-8,11H,5-6H2,1-4H3. The molecule has 0 aliphatic heterocycles. The Balaban J connectivity index is 2.77. The normalized spacial score (nSPS) is 12.0. The van der Waals surface area contributed by atoms with E-state index in [0.717, 1.165) is 13.1 Å². The molecule has 0 saturated carbocycles. The Kier molecular flexibility index (Phi) is 3.09. The highest BCUT2D eigenvalue weighted by Crippen LogP contribution is 2.15. The predicted molar refractivity (Wildman–Crippen MR) is 54.6 cm³/mol. The largest absolute Gasteiger partial charge is 0.328 e. The third-order valence-electron chi connectivity index (χ3n) is 1.99. The lowest BCUT2D eigenvalue weighted by atomic mass is 10.1. The summed E-state index contributed by atoms with van der Waals surface area (Å²) in [5.74, 6) is 0. The fourth-order valence-corrected chi connectivity index (χ4v) is 1.31. The topological polar surface area (TPSA) is 29.9 Å². The third-order valence-corrected chi connectivity index (χ3v) is 1.99.